The van der Waals surface area contributed by atoms with E-state index in [9.17, 15) is 4.21 Å². The predicted octanol–water partition coefficient (Wildman–Crippen LogP) is 3.76. The molecule has 0 spiro atoms. The van der Waals surface area contributed by atoms with Gasteiger partial charge in [-0.25, -0.2) is 4.98 Å². The van der Waals surface area contributed by atoms with Crippen molar-refractivity contribution in [3.63, 3.8) is 0 Å². The van der Waals surface area contributed by atoms with Gasteiger partial charge in [-0.2, -0.15) is 11.3 Å². The first-order chi connectivity index (χ1) is 8.70. The van der Waals surface area contributed by atoms with Gasteiger partial charge in [-0.15, -0.1) is 0 Å². The molecule has 0 saturated heterocycles. The Morgan fingerprint density at radius 1 is 1.50 bits per heavy atom. The quantitative estimate of drug-likeness (QED) is 0.810. The van der Waals surface area contributed by atoms with E-state index in [0.717, 1.165) is 35.6 Å². The van der Waals surface area contributed by atoms with Crippen molar-refractivity contribution in [2.45, 2.75) is 32.4 Å². The summed E-state index contributed by atoms with van der Waals surface area (Å²) in [4.78, 5) is 4.45. The summed E-state index contributed by atoms with van der Waals surface area (Å²) < 4.78 is 17.5. The highest BCUT2D eigenvalue weighted by molar-refractivity contribution is 7.84. The highest BCUT2D eigenvalue weighted by Gasteiger charge is 2.13. The van der Waals surface area contributed by atoms with Crippen LogP contribution in [0.5, 0.6) is 0 Å². The molecule has 0 aromatic carbocycles. The van der Waals surface area contributed by atoms with E-state index in [4.69, 9.17) is 4.42 Å². The van der Waals surface area contributed by atoms with Crippen molar-refractivity contribution in [2.24, 2.45) is 0 Å². The molecular formula is C13H17NO2S2. The predicted molar refractivity (Wildman–Crippen MR) is 76.2 cm³/mol. The molecule has 0 aliphatic rings. The Hall–Kier alpha value is -0.940. The molecule has 0 saturated carbocycles. The van der Waals surface area contributed by atoms with Crippen LogP contribution in [0.4, 0.5) is 0 Å². The lowest BCUT2D eigenvalue weighted by Crippen LogP contribution is -2.02. The number of nitrogens with zero attached hydrogens (tertiary/aromatic N) is 1. The molecule has 2 aromatic heterocycles. The largest absolute Gasteiger partial charge is 0.441 e. The van der Waals surface area contributed by atoms with E-state index < -0.39 is 10.8 Å². The summed E-state index contributed by atoms with van der Waals surface area (Å²) in [5, 5.41) is 4.00. The van der Waals surface area contributed by atoms with Crippen LogP contribution in [0.1, 0.15) is 31.2 Å². The summed E-state index contributed by atoms with van der Waals surface area (Å²) in [5.74, 6) is 2.66. The van der Waals surface area contributed by atoms with Crippen LogP contribution in [-0.4, -0.2) is 14.9 Å². The number of hydrogen-bond donors (Lipinski definition) is 0. The van der Waals surface area contributed by atoms with E-state index in [1.54, 1.807) is 11.3 Å². The number of rotatable bonds is 6. The number of thiophene rings is 1. The lowest BCUT2D eigenvalue weighted by molar-refractivity contribution is 0.540. The molecule has 0 aliphatic heterocycles. The Kier molecular flexibility index (Phi) is 4.72. The molecule has 0 fully saturated rings. The van der Waals surface area contributed by atoms with E-state index in [-0.39, 0.29) is 0 Å². The van der Waals surface area contributed by atoms with Crippen LogP contribution in [0.25, 0.3) is 11.5 Å². The summed E-state index contributed by atoms with van der Waals surface area (Å²) in [7, 11) is -0.835. The van der Waals surface area contributed by atoms with Gasteiger partial charge in [-0.1, -0.05) is 13.3 Å². The molecule has 3 nitrogen and oxygen atoms in total. The second kappa shape index (κ2) is 6.29. The van der Waals surface area contributed by atoms with Gasteiger partial charge in [0.2, 0.25) is 5.89 Å². The molecule has 98 valence electrons. The van der Waals surface area contributed by atoms with Gasteiger partial charge in [0, 0.05) is 27.5 Å². The van der Waals surface area contributed by atoms with Gasteiger partial charge in [0.15, 0.2) is 0 Å². The number of aryl methyl sites for hydroxylation is 1. The molecule has 2 aromatic rings. The van der Waals surface area contributed by atoms with Crippen molar-refractivity contribution < 1.29 is 8.63 Å². The lowest BCUT2D eigenvalue weighted by Gasteiger charge is -1.98. The van der Waals surface area contributed by atoms with Crippen molar-refractivity contribution in [2.75, 3.05) is 5.75 Å². The van der Waals surface area contributed by atoms with E-state index in [2.05, 4.69) is 11.9 Å². The maximum atomic E-state index is 11.9. The minimum atomic E-state index is -0.835. The minimum Gasteiger partial charge on any atom is -0.441 e. The maximum Gasteiger partial charge on any atom is 0.227 e. The Morgan fingerprint density at radius 2 is 2.33 bits per heavy atom. The second-order valence-electron chi connectivity index (χ2n) is 4.18. The fourth-order valence-corrected chi connectivity index (χ4v) is 3.56. The SMILES string of the molecule is CCCCS(=O)Cc1nc(-c2ccsc2)oc1C. The Morgan fingerprint density at radius 3 is 3.00 bits per heavy atom. The molecule has 2 rings (SSSR count). The maximum absolute atomic E-state index is 11.9. The number of aromatic nitrogens is 1. The van der Waals surface area contributed by atoms with Gasteiger partial charge in [-0.05, 0) is 24.8 Å². The zero-order chi connectivity index (χ0) is 13.0. The van der Waals surface area contributed by atoms with Crippen LogP contribution in [-0.2, 0) is 16.6 Å². The smallest absolute Gasteiger partial charge is 0.227 e. The normalized spacial score (nSPS) is 12.8. The van der Waals surface area contributed by atoms with Gasteiger partial charge < -0.3 is 4.42 Å². The monoisotopic (exact) mass is 283 g/mol. The molecule has 0 N–H and O–H groups in total. The first-order valence-corrected chi connectivity index (χ1v) is 8.47. The molecule has 1 atom stereocenters. The van der Waals surface area contributed by atoms with Crippen molar-refractivity contribution in [1.82, 2.24) is 4.98 Å². The van der Waals surface area contributed by atoms with E-state index in [1.165, 1.54) is 0 Å². The zero-order valence-corrected chi connectivity index (χ0v) is 12.3. The zero-order valence-electron chi connectivity index (χ0n) is 10.6. The first kappa shape index (κ1) is 13.5. The number of oxazole rings is 1. The topological polar surface area (TPSA) is 43.1 Å². The average Bonchev–Trinajstić information content (AvgIpc) is 2.97. The van der Waals surface area contributed by atoms with Gasteiger partial charge in [0.05, 0.1) is 11.4 Å². The fraction of sp³-hybridized carbons (Fsp3) is 0.462. The Balaban J connectivity index is 2.08. The van der Waals surface area contributed by atoms with Crippen molar-refractivity contribution in [1.29, 1.82) is 0 Å². The second-order valence-corrected chi connectivity index (χ2v) is 6.53. The summed E-state index contributed by atoms with van der Waals surface area (Å²) >= 11 is 1.61. The molecule has 1 unspecified atom stereocenters. The highest BCUT2D eigenvalue weighted by atomic mass is 32.2. The van der Waals surface area contributed by atoms with Gasteiger partial charge in [-0.3, -0.25) is 4.21 Å². The van der Waals surface area contributed by atoms with Crippen LogP contribution in [0.15, 0.2) is 21.2 Å². The molecular weight excluding hydrogens is 266 g/mol. The van der Waals surface area contributed by atoms with E-state index >= 15 is 0 Å². The summed E-state index contributed by atoms with van der Waals surface area (Å²) in [5.41, 5.74) is 1.82. The first-order valence-electron chi connectivity index (χ1n) is 6.04. The molecule has 0 amide bonds. The third kappa shape index (κ3) is 3.29. The van der Waals surface area contributed by atoms with E-state index in [1.807, 2.05) is 23.8 Å². The Bertz CT molecular complexity index is 517. The van der Waals surface area contributed by atoms with Crippen LogP contribution >= 0.6 is 11.3 Å². The van der Waals surface area contributed by atoms with Crippen LogP contribution in [0, 0.1) is 6.92 Å². The van der Waals surface area contributed by atoms with Crippen LogP contribution < -0.4 is 0 Å². The minimum absolute atomic E-state index is 0.499. The third-order valence-electron chi connectivity index (χ3n) is 2.68. The molecule has 0 bridgehead atoms. The molecule has 18 heavy (non-hydrogen) atoms. The van der Waals surface area contributed by atoms with Crippen molar-refractivity contribution in [3.8, 4) is 11.5 Å². The van der Waals surface area contributed by atoms with Crippen LogP contribution in [0.2, 0.25) is 0 Å². The highest BCUT2D eigenvalue weighted by Crippen LogP contribution is 2.24. The summed E-state index contributed by atoms with van der Waals surface area (Å²) in [6.45, 7) is 3.99. The molecule has 2 heterocycles. The number of unbranched alkanes of at least 4 members (excludes halogenated alkanes) is 1. The van der Waals surface area contributed by atoms with Gasteiger partial charge in [0.1, 0.15) is 5.76 Å². The van der Waals surface area contributed by atoms with Crippen LogP contribution in [0.3, 0.4) is 0 Å². The van der Waals surface area contributed by atoms with Gasteiger partial charge in [0.25, 0.3) is 0 Å². The van der Waals surface area contributed by atoms with Crippen molar-refractivity contribution in [3.05, 3.63) is 28.3 Å². The Labute approximate surface area is 114 Å². The molecule has 0 aliphatic carbocycles. The average molecular weight is 283 g/mol. The third-order valence-corrected chi connectivity index (χ3v) is 4.71. The summed E-state index contributed by atoms with van der Waals surface area (Å²) in [6.07, 6.45) is 2.07. The number of hydrogen-bond acceptors (Lipinski definition) is 4. The molecule has 0 radical (unpaired) electrons. The fourth-order valence-electron chi connectivity index (χ4n) is 1.60. The van der Waals surface area contributed by atoms with E-state index in [0.29, 0.717) is 11.6 Å². The summed E-state index contributed by atoms with van der Waals surface area (Å²) in [6, 6.07) is 1.98. The lowest BCUT2D eigenvalue weighted by atomic mass is 10.3. The molecule has 5 heteroatoms. The van der Waals surface area contributed by atoms with Crippen molar-refractivity contribution >= 4 is 22.1 Å². The standard InChI is InChI=1S/C13H17NO2S2/c1-3-4-7-18(15)9-12-10(2)16-13(14-12)11-5-6-17-8-11/h5-6,8H,3-4,7,9H2,1-2H3. The van der Waals surface area contributed by atoms with Gasteiger partial charge >= 0.3 is 0 Å².